The van der Waals surface area contributed by atoms with E-state index in [1.807, 2.05) is 25.7 Å². The molecule has 3 unspecified atom stereocenters. The van der Waals surface area contributed by atoms with E-state index in [2.05, 4.69) is 22.0 Å². The number of carbonyl (C=O) groups excluding carboxylic acids is 1. The van der Waals surface area contributed by atoms with Crippen molar-refractivity contribution in [3.8, 4) is 0 Å². The maximum absolute atomic E-state index is 12.4. The molecule has 0 spiro atoms. The highest BCUT2D eigenvalue weighted by Gasteiger charge is 2.28. The van der Waals surface area contributed by atoms with Crippen LogP contribution in [0.3, 0.4) is 0 Å². The van der Waals surface area contributed by atoms with Gasteiger partial charge < -0.3 is 19.9 Å². The Balaban J connectivity index is 1.81. The van der Waals surface area contributed by atoms with Crippen molar-refractivity contribution < 1.29 is 14.1 Å². The lowest BCUT2D eigenvalue weighted by Crippen LogP contribution is -2.54. The van der Waals surface area contributed by atoms with Gasteiger partial charge >= 0.3 is 0 Å². The van der Waals surface area contributed by atoms with Gasteiger partial charge in [-0.15, -0.1) is 0 Å². The Morgan fingerprint density at radius 2 is 1.96 bits per heavy atom. The second-order valence-corrected chi connectivity index (χ2v) is 6.66. The Morgan fingerprint density at radius 3 is 2.56 bits per heavy atom. The molecule has 0 bridgehead atoms. The summed E-state index contributed by atoms with van der Waals surface area (Å²) in [5, 5.41) is 3.98. The molecule has 8 heteroatoms. The third-order valence-electron chi connectivity index (χ3n) is 4.85. The van der Waals surface area contributed by atoms with E-state index in [-0.39, 0.29) is 17.9 Å². The lowest BCUT2D eigenvalue weighted by Gasteiger charge is -2.36. The average Bonchev–Trinajstić information content (AvgIpc) is 3.09. The van der Waals surface area contributed by atoms with Gasteiger partial charge in [-0.1, -0.05) is 25.4 Å². The topological polar surface area (TPSA) is 97.7 Å². The number of amides is 1. The van der Waals surface area contributed by atoms with E-state index in [0.717, 1.165) is 19.5 Å². The number of ether oxygens (including phenoxy) is 1. The first-order valence-electron chi connectivity index (χ1n) is 9.17. The van der Waals surface area contributed by atoms with E-state index < -0.39 is 6.04 Å². The molecule has 1 aliphatic rings. The third-order valence-corrected chi connectivity index (χ3v) is 4.85. The largest absolute Gasteiger partial charge is 0.371 e. The van der Waals surface area contributed by atoms with Crippen molar-refractivity contribution in [2.45, 2.75) is 52.8 Å². The molecule has 2 rings (SSSR count). The van der Waals surface area contributed by atoms with Gasteiger partial charge in [0.1, 0.15) is 6.10 Å². The van der Waals surface area contributed by atoms with Crippen LogP contribution in [0.5, 0.6) is 0 Å². The van der Waals surface area contributed by atoms with Crippen LogP contribution in [0, 0.1) is 5.92 Å². The number of carbonyl (C=O) groups is 1. The van der Waals surface area contributed by atoms with E-state index in [1.165, 1.54) is 0 Å². The number of rotatable bonds is 8. The van der Waals surface area contributed by atoms with Crippen LogP contribution in [0.2, 0.25) is 0 Å². The van der Waals surface area contributed by atoms with Crippen molar-refractivity contribution in [2.75, 3.05) is 32.8 Å². The lowest BCUT2D eigenvalue weighted by atomic mass is 9.98. The molecule has 0 aliphatic carbocycles. The first-order chi connectivity index (χ1) is 12.0. The third kappa shape index (κ3) is 5.23. The summed E-state index contributed by atoms with van der Waals surface area (Å²) >= 11 is 0. The second-order valence-electron chi connectivity index (χ2n) is 6.66. The number of hydrogen-bond acceptors (Lipinski definition) is 7. The Bertz CT molecular complexity index is 542. The maximum Gasteiger partial charge on any atom is 0.240 e. The molecule has 1 fully saturated rings. The highest BCUT2D eigenvalue weighted by molar-refractivity contribution is 5.82. The van der Waals surface area contributed by atoms with Crippen molar-refractivity contribution >= 4 is 5.91 Å². The molecular weight excluding hydrogens is 322 g/mol. The molecule has 0 radical (unpaired) electrons. The van der Waals surface area contributed by atoms with Crippen LogP contribution >= 0.6 is 0 Å². The fraction of sp³-hybridized carbons (Fsp3) is 0.824. The van der Waals surface area contributed by atoms with Crippen LogP contribution in [0.1, 0.15) is 51.9 Å². The lowest BCUT2D eigenvalue weighted by molar-refractivity contribution is -0.135. The van der Waals surface area contributed by atoms with E-state index in [9.17, 15) is 4.79 Å². The molecule has 1 aliphatic heterocycles. The monoisotopic (exact) mass is 353 g/mol. The number of nitrogens with two attached hydrogens (primary N) is 1. The minimum atomic E-state index is -0.407. The second kappa shape index (κ2) is 9.26. The fourth-order valence-electron chi connectivity index (χ4n) is 2.85. The fourth-order valence-corrected chi connectivity index (χ4v) is 2.85. The van der Waals surface area contributed by atoms with Gasteiger partial charge in [-0.2, -0.15) is 4.98 Å². The van der Waals surface area contributed by atoms with Crippen LogP contribution in [0.15, 0.2) is 4.52 Å². The maximum atomic E-state index is 12.4. The Labute approximate surface area is 149 Å². The van der Waals surface area contributed by atoms with Crippen molar-refractivity contribution in [1.29, 1.82) is 0 Å². The highest BCUT2D eigenvalue weighted by atomic mass is 16.5. The van der Waals surface area contributed by atoms with Crippen LogP contribution in [-0.4, -0.2) is 64.7 Å². The van der Waals surface area contributed by atoms with Gasteiger partial charge in [0.15, 0.2) is 5.82 Å². The summed E-state index contributed by atoms with van der Waals surface area (Å²) in [5.74, 6) is 1.41. The van der Waals surface area contributed by atoms with Gasteiger partial charge in [-0.05, 0) is 19.8 Å². The zero-order chi connectivity index (χ0) is 18.4. The number of piperazine rings is 1. The SMILES string of the molecule is CCOC(C)c1noc(CN2CCN(C(=O)C(N)C(C)CC)CC2)n1. The minimum Gasteiger partial charge on any atom is -0.371 e. The molecule has 1 saturated heterocycles. The average molecular weight is 353 g/mol. The summed E-state index contributed by atoms with van der Waals surface area (Å²) in [6.45, 7) is 12.0. The van der Waals surface area contributed by atoms with E-state index >= 15 is 0 Å². The zero-order valence-corrected chi connectivity index (χ0v) is 15.8. The number of nitrogens with zero attached hydrogens (tertiary/aromatic N) is 4. The van der Waals surface area contributed by atoms with Crippen LogP contribution in [0.4, 0.5) is 0 Å². The summed E-state index contributed by atoms with van der Waals surface area (Å²) in [5.41, 5.74) is 6.07. The highest BCUT2D eigenvalue weighted by Crippen LogP contribution is 2.15. The summed E-state index contributed by atoms with van der Waals surface area (Å²) < 4.78 is 10.8. The predicted molar refractivity (Wildman–Crippen MR) is 93.6 cm³/mol. The van der Waals surface area contributed by atoms with E-state index in [0.29, 0.717) is 38.0 Å². The molecule has 3 atom stereocenters. The summed E-state index contributed by atoms with van der Waals surface area (Å²) in [6.07, 6.45) is 0.742. The Kier molecular flexibility index (Phi) is 7.34. The molecule has 2 N–H and O–H groups in total. The summed E-state index contributed by atoms with van der Waals surface area (Å²) in [7, 11) is 0. The quantitative estimate of drug-likeness (QED) is 0.749. The molecule has 0 saturated carbocycles. The van der Waals surface area contributed by atoms with Crippen molar-refractivity contribution in [3.05, 3.63) is 11.7 Å². The molecule has 1 amide bonds. The normalized spacial score (nSPS) is 19.6. The van der Waals surface area contributed by atoms with Gasteiger partial charge in [0.05, 0.1) is 12.6 Å². The van der Waals surface area contributed by atoms with Crippen LogP contribution in [-0.2, 0) is 16.1 Å². The molecular formula is C17H31N5O3. The van der Waals surface area contributed by atoms with Crippen LogP contribution < -0.4 is 5.73 Å². The first-order valence-corrected chi connectivity index (χ1v) is 9.17. The van der Waals surface area contributed by atoms with E-state index in [4.69, 9.17) is 15.0 Å². The molecule has 1 aromatic heterocycles. The molecule has 2 heterocycles. The van der Waals surface area contributed by atoms with E-state index in [1.54, 1.807) is 0 Å². The first kappa shape index (κ1) is 19.8. The summed E-state index contributed by atoms with van der Waals surface area (Å²) in [4.78, 5) is 20.9. The van der Waals surface area contributed by atoms with Gasteiger partial charge in [0.25, 0.3) is 0 Å². The predicted octanol–water partition coefficient (Wildman–Crippen LogP) is 1.18. The van der Waals surface area contributed by atoms with Crippen molar-refractivity contribution in [1.82, 2.24) is 19.9 Å². The number of aromatic nitrogens is 2. The zero-order valence-electron chi connectivity index (χ0n) is 15.8. The minimum absolute atomic E-state index is 0.0552. The Hall–Kier alpha value is -1.51. The molecule has 0 aromatic carbocycles. The van der Waals surface area contributed by atoms with Gasteiger partial charge in [0.2, 0.25) is 11.8 Å². The summed E-state index contributed by atoms with van der Waals surface area (Å²) in [6, 6.07) is -0.407. The van der Waals surface area contributed by atoms with Crippen molar-refractivity contribution in [2.24, 2.45) is 11.7 Å². The van der Waals surface area contributed by atoms with Crippen molar-refractivity contribution in [3.63, 3.8) is 0 Å². The molecule has 25 heavy (non-hydrogen) atoms. The number of hydrogen-bond donors (Lipinski definition) is 1. The molecule has 8 nitrogen and oxygen atoms in total. The molecule has 142 valence electrons. The standard InChI is InChI=1S/C17H31N5O3/c1-5-12(3)15(18)17(23)22-9-7-21(8-10-22)11-14-19-16(20-25-14)13(4)24-6-2/h12-13,15H,5-11,18H2,1-4H3. The van der Waals surface area contributed by atoms with Crippen LogP contribution in [0.25, 0.3) is 0 Å². The van der Waals surface area contributed by atoms with Gasteiger partial charge in [0, 0.05) is 32.8 Å². The smallest absolute Gasteiger partial charge is 0.240 e. The Morgan fingerprint density at radius 1 is 1.28 bits per heavy atom. The van der Waals surface area contributed by atoms with Gasteiger partial charge in [-0.25, -0.2) is 0 Å². The molecule has 1 aromatic rings. The van der Waals surface area contributed by atoms with Gasteiger partial charge in [-0.3, -0.25) is 9.69 Å².